The second-order valence-electron chi connectivity index (χ2n) is 7.16. The van der Waals surface area contributed by atoms with Crippen molar-refractivity contribution >= 4 is 49.7 Å². The number of ether oxygens (including phenoxy) is 1. The third-order valence-electron chi connectivity index (χ3n) is 3.76. The molecule has 2 aromatic heterocycles. The van der Waals surface area contributed by atoms with E-state index in [1.165, 1.54) is 3.97 Å². The molecule has 0 aliphatic carbocycles. The number of nitrogens with zero attached hydrogens (tertiary/aromatic N) is 2. The van der Waals surface area contributed by atoms with Crippen molar-refractivity contribution in [2.24, 2.45) is 0 Å². The second kappa shape index (κ2) is 7.70. The summed E-state index contributed by atoms with van der Waals surface area (Å²) in [5, 5.41) is 3.37. The molecule has 0 unspecified atom stereocenters. The van der Waals surface area contributed by atoms with Gasteiger partial charge >= 0.3 is 6.09 Å². The Morgan fingerprint density at radius 1 is 1.25 bits per heavy atom. The summed E-state index contributed by atoms with van der Waals surface area (Å²) < 4.78 is 33.0. The third kappa shape index (κ3) is 4.46. The summed E-state index contributed by atoms with van der Waals surface area (Å²) in [7, 11) is -3.74. The lowest BCUT2D eigenvalue weighted by molar-refractivity contribution is 0.0523. The highest BCUT2D eigenvalue weighted by Crippen LogP contribution is 2.26. The third-order valence-corrected chi connectivity index (χ3v) is 6.28. The van der Waals surface area contributed by atoms with Crippen molar-refractivity contribution in [3.05, 3.63) is 57.9 Å². The van der Waals surface area contributed by atoms with Gasteiger partial charge in [0, 0.05) is 27.9 Å². The Hall–Kier alpha value is -2.14. The molecule has 0 fully saturated rings. The largest absolute Gasteiger partial charge is 0.444 e. The molecular weight excluding hydrogens is 493 g/mol. The first-order valence-corrected chi connectivity index (χ1v) is 11.0. The number of benzene rings is 1. The van der Waals surface area contributed by atoms with Crippen LogP contribution >= 0.6 is 22.6 Å². The number of carbonyl (C=O) groups is 1. The van der Waals surface area contributed by atoms with Gasteiger partial charge in [0.2, 0.25) is 0 Å². The Bertz CT molecular complexity index is 1120. The van der Waals surface area contributed by atoms with Crippen LogP contribution in [-0.2, 0) is 21.3 Å². The topological polar surface area (TPSA) is 90.3 Å². The fourth-order valence-corrected chi connectivity index (χ4v) is 4.77. The van der Waals surface area contributed by atoms with Crippen molar-refractivity contribution in [3.8, 4) is 0 Å². The lowest BCUT2D eigenvalue weighted by Gasteiger charge is -2.19. The standard InChI is InChI=1S/C19H20IN3O4S/c1-19(2,3)27-18(24)22-11-13-9-15-16(20)12-23(17(15)21-10-13)28(25,26)14-7-5-4-6-8-14/h4-10,12H,11H2,1-3H3,(H,22,24). The average molecular weight is 513 g/mol. The van der Waals surface area contributed by atoms with Crippen LogP contribution in [0.4, 0.5) is 4.79 Å². The number of nitrogens with one attached hydrogen (secondary N) is 1. The van der Waals surface area contributed by atoms with Gasteiger partial charge in [-0.1, -0.05) is 18.2 Å². The number of hydrogen-bond donors (Lipinski definition) is 1. The number of amides is 1. The van der Waals surface area contributed by atoms with Crippen molar-refractivity contribution in [1.29, 1.82) is 0 Å². The Morgan fingerprint density at radius 3 is 2.57 bits per heavy atom. The molecule has 2 heterocycles. The summed E-state index contributed by atoms with van der Waals surface area (Å²) in [4.78, 5) is 16.3. The molecule has 0 saturated heterocycles. The van der Waals surface area contributed by atoms with Crippen LogP contribution in [0, 0.1) is 3.57 Å². The lowest BCUT2D eigenvalue weighted by Crippen LogP contribution is -2.32. The summed E-state index contributed by atoms with van der Waals surface area (Å²) in [5.74, 6) is 0. The summed E-state index contributed by atoms with van der Waals surface area (Å²) in [6, 6.07) is 10.0. The van der Waals surface area contributed by atoms with Gasteiger partial charge in [-0.3, -0.25) is 0 Å². The first kappa shape index (κ1) is 20.6. The minimum absolute atomic E-state index is 0.195. The predicted octanol–water partition coefficient (Wildman–Crippen LogP) is 3.90. The highest BCUT2D eigenvalue weighted by atomic mass is 127. The molecule has 28 heavy (non-hydrogen) atoms. The van der Waals surface area contributed by atoms with Gasteiger partial charge in [-0.25, -0.2) is 22.2 Å². The van der Waals surface area contributed by atoms with E-state index in [0.717, 1.165) is 9.13 Å². The van der Waals surface area contributed by atoms with E-state index < -0.39 is 21.7 Å². The van der Waals surface area contributed by atoms with Crippen LogP contribution in [0.3, 0.4) is 0 Å². The van der Waals surface area contributed by atoms with Gasteiger partial charge in [-0.15, -0.1) is 0 Å². The molecular formula is C19H20IN3O4S. The van der Waals surface area contributed by atoms with Crippen LogP contribution in [0.5, 0.6) is 0 Å². The molecule has 0 aliphatic heterocycles. The van der Waals surface area contributed by atoms with Crippen LogP contribution < -0.4 is 5.32 Å². The number of halogens is 1. The molecule has 148 valence electrons. The molecule has 0 aliphatic rings. The first-order chi connectivity index (χ1) is 13.1. The van der Waals surface area contributed by atoms with Gasteiger partial charge in [0.05, 0.1) is 4.90 Å². The van der Waals surface area contributed by atoms with E-state index in [0.29, 0.717) is 11.0 Å². The van der Waals surface area contributed by atoms with E-state index in [2.05, 4.69) is 32.9 Å². The fourth-order valence-electron chi connectivity index (χ4n) is 2.56. The molecule has 3 rings (SSSR count). The predicted molar refractivity (Wildman–Crippen MR) is 115 cm³/mol. The Balaban J connectivity index is 1.89. The van der Waals surface area contributed by atoms with Crippen LogP contribution in [-0.4, -0.2) is 29.1 Å². The average Bonchev–Trinajstić information content (AvgIpc) is 2.96. The molecule has 0 spiro atoms. The van der Waals surface area contributed by atoms with Crippen molar-refractivity contribution in [2.75, 3.05) is 0 Å². The molecule has 0 saturated carbocycles. The number of rotatable bonds is 4. The van der Waals surface area contributed by atoms with Crippen LogP contribution in [0.2, 0.25) is 0 Å². The van der Waals surface area contributed by atoms with E-state index in [9.17, 15) is 13.2 Å². The molecule has 1 aromatic carbocycles. The van der Waals surface area contributed by atoms with Gasteiger partial charge in [0.1, 0.15) is 5.60 Å². The van der Waals surface area contributed by atoms with Crippen LogP contribution in [0.1, 0.15) is 26.3 Å². The molecule has 1 amide bonds. The van der Waals surface area contributed by atoms with Gasteiger partial charge in [-0.2, -0.15) is 0 Å². The van der Waals surface area contributed by atoms with Crippen LogP contribution in [0.25, 0.3) is 11.0 Å². The highest BCUT2D eigenvalue weighted by Gasteiger charge is 2.22. The van der Waals surface area contributed by atoms with Gasteiger partial charge in [0.25, 0.3) is 10.0 Å². The lowest BCUT2D eigenvalue weighted by atomic mass is 10.2. The number of aromatic nitrogens is 2. The SMILES string of the molecule is CC(C)(C)OC(=O)NCc1cnc2c(c1)c(I)cn2S(=O)(=O)c1ccccc1. The smallest absolute Gasteiger partial charge is 0.407 e. The fraction of sp³-hybridized carbons (Fsp3) is 0.263. The first-order valence-electron chi connectivity index (χ1n) is 8.51. The van der Waals surface area contributed by atoms with Crippen molar-refractivity contribution in [1.82, 2.24) is 14.3 Å². The van der Waals surface area contributed by atoms with E-state index in [-0.39, 0.29) is 11.4 Å². The number of carbonyl (C=O) groups excluding carboxylic acids is 1. The number of pyridine rings is 1. The summed E-state index contributed by atoms with van der Waals surface area (Å²) >= 11 is 2.08. The molecule has 9 heteroatoms. The highest BCUT2D eigenvalue weighted by molar-refractivity contribution is 14.1. The number of hydrogen-bond acceptors (Lipinski definition) is 5. The number of alkyl carbamates (subject to hydrolysis) is 1. The Labute approximate surface area is 177 Å². The second-order valence-corrected chi connectivity index (χ2v) is 10.1. The van der Waals surface area contributed by atoms with Gasteiger partial charge < -0.3 is 10.1 Å². The van der Waals surface area contributed by atoms with Crippen molar-refractivity contribution < 1.29 is 17.9 Å². The Kier molecular flexibility index (Phi) is 5.67. The minimum atomic E-state index is -3.74. The Morgan fingerprint density at radius 2 is 1.93 bits per heavy atom. The maximum absolute atomic E-state index is 12.9. The molecule has 1 N–H and O–H groups in total. The van der Waals surface area contributed by atoms with E-state index in [1.807, 2.05) is 6.07 Å². The molecule has 0 bridgehead atoms. The van der Waals surface area contributed by atoms with Crippen molar-refractivity contribution in [3.63, 3.8) is 0 Å². The zero-order valence-electron chi connectivity index (χ0n) is 15.6. The van der Waals surface area contributed by atoms with Gasteiger partial charge in [0.15, 0.2) is 5.65 Å². The molecule has 7 nitrogen and oxygen atoms in total. The minimum Gasteiger partial charge on any atom is -0.444 e. The zero-order chi connectivity index (χ0) is 20.5. The number of fused-ring (bicyclic) bond motifs is 1. The quantitative estimate of drug-likeness (QED) is 0.535. The van der Waals surface area contributed by atoms with Crippen LogP contribution in [0.15, 0.2) is 53.7 Å². The zero-order valence-corrected chi connectivity index (χ0v) is 18.6. The van der Waals surface area contributed by atoms with Crippen molar-refractivity contribution in [2.45, 2.75) is 37.8 Å². The normalized spacial score (nSPS) is 12.1. The summed E-state index contributed by atoms with van der Waals surface area (Å²) in [5.41, 5.74) is 0.505. The molecule has 3 aromatic rings. The maximum Gasteiger partial charge on any atom is 0.407 e. The van der Waals surface area contributed by atoms with Gasteiger partial charge in [-0.05, 0) is 67.1 Å². The molecule has 0 radical (unpaired) electrons. The maximum atomic E-state index is 12.9. The van der Waals surface area contributed by atoms with E-state index >= 15 is 0 Å². The molecule has 0 atom stereocenters. The van der Waals surface area contributed by atoms with E-state index in [4.69, 9.17) is 4.74 Å². The monoisotopic (exact) mass is 513 g/mol. The summed E-state index contributed by atoms with van der Waals surface area (Å²) in [6.07, 6.45) is 2.57. The van der Waals surface area contributed by atoms with E-state index in [1.54, 1.807) is 63.5 Å². The summed E-state index contributed by atoms with van der Waals surface area (Å²) in [6.45, 7) is 5.60.